The summed E-state index contributed by atoms with van der Waals surface area (Å²) in [5.74, 6) is 4.45. The summed E-state index contributed by atoms with van der Waals surface area (Å²) in [5.41, 5.74) is 7.56. The molecule has 7 heteroatoms. The third kappa shape index (κ3) is 3.17. The van der Waals surface area contributed by atoms with E-state index in [1.165, 1.54) is 18.5 Å². The van der Waals surface area contributed by atoms with E-state index in [0.717, 1.165) is 0 Å². The first kappa shape index (κ1) is 13.9. The van der Waals surface area contributed by atoms with Gasteiger partial charge in [0, 0.05) is 12.7 Å². The Morgan fingerprint density at radius 1 is 1.44 bits per heavy atom. The highest BCUT2D eigenvalue weighted by Crippen LogP contribution is 2.14. The number of carbonyl (C=O) groups excluding carboxylic acids is 2. The molecule has 98 valence electrons. The summed E-state index contributed by atoms with van der Waals surface area (Å²) in [4.78, 5) is 26.9. The monoisotopic (exact) mass is 251 g/mol. The van der Waals surface area contributed by atoms with Crippen LogP contribution in [0, 0.1) is 5.41 Å². The zero-order valence-corrected chi connectivity index (χ0v) is 10.4. The molecule has 0 spiro atoms. The number of nitrogens with one attached hydrogen (secondary N) is 2. The average Bonchev–Trinajstić information content (AvgIpc) is 2.35. The van der Waals surface area contributed by atoms with E-state index < -0.39 is 11.3 Å². The molecule has 1 rings (SSSR count). The number of rotatable bonds is 5. The highest BCUT2D eigenvalue weighted by atomic mass is 16.2. The van der Waals surface area contributed by atoms with Crippen LogP contribution < -0.4 is 22.3 Å². The fourth-order valence-electron chi connectivity index (χ4n) is 1.19. The van der Waals surface area contributed by atoms with Crippen molar-refractivity contribution in [2.45, 2.75) is 13.8 Å². The molecule has 0 bridgehead atoms. The van der Waals surface area contributed by atoms with Crippen molar-refractivity contribution < 1.29 is 9.59 Å². The molecule has 0 saturated heterocycles. The number of primary amides is 1. The van der Waals surface area contributed by atoms with Crippen molar-refractivity contribution in [1.29, 1.82) is 0 Å². The van der Waals surface area contributed by atoms with Crippen LogP contribution >= 0.6 is 0 Å². The third-order valence-electron chi connectivity index (χ3n) is 2.58. The van der Waals surface area contributed by atoms with Crippen LogP contribution in [0.25, 0.3) is 0 Å². The topological polar surface area (TPSA) is 123 Å². The predicted octanol–water partition coefficient (Wildman–Crippen LogP) is -0.391. The van der Waals surface area contributed by atoms with Gasteiger partial charge in [-0.2, -0.15) is 0 Å². The molecular weight excluding hydrogens is 234 g/mol. The Bertz CT molecular complexity index is 459. The molecule has 1 heterocycles. The number of nitrogen functional groups attached to an aromatic ring is 1. The molecule has 1 aromatic rings. The number of carbonyl (C=O) groups is 2. The van der Waals surface area contributed by atoms with Gasteiger partial charge in [-0.1, -0.05) is 0 Å². The zero-order chi connectivity index (χ0) is 13.8. The number of nitrogens with zero attached hydrogens (tertiary/aromatic N) is 1. The fraction of sp³-hybridized carbons (Fsp3) is 0.364. The first-order valence-electron chi connectivity index (χ1n) is 5.37. The third-order valence-corrected chi connectivity index (χ3v) is 2.58. The molecule has 2 amide bonds. The van der Waals surface area contributed by atoms with Crippen LogP contribution in [0.2, 0.25) is 0 Å². The summed E-state index contributed by atoms with van der Waals surface area (Å²) < 4.78 is 0. The lowest BCUT2D eigenvalue weighted by Gasteiger charge is -2.21. The summed E-state index contributed by atoms with van der Waals surface area (Å²) in [7, 11) is 0. The summed E-state index contributed by atoms with van der Waals surface area (Å²) in [6.45, 7) is 3.46. The number of nitrogens with two attached hydrogens (primary N) is 2. The van der Waals surface area contributed by atoms with Crippen molar-refractivity contribution in [2.24, 2.45) is 17.0 Å². The van der Waals surface area contributed by atoms with Gasteiger partial charge in [-0.15, -0.1) is 0 Å². The number of hydrogen-bond acceptors (Lipinski definition) is 5. The maximum Gasteiger partial charge on any atom is 0.253 e. The van der Waals surface area contributed by atoms with Gasteiger partial charge in [0.25, 0.3) is 5.91 Å². The largest absolute Gasteiger partial charge is 0.369 e. The first-order chi connectivity index (χ1) is 8.38. The minimum absolute atomic E-state index is 0.146. The standard InChI is InChI=1S/C11H17N5O2/c1-11(2,10(12)18)6-15-9(17)7-3-4-14-5-8(7)16-13/h3-5,16H,6,13H2,1-2H3,(H2,12,18)(H,15,17). The van der Waals surface area contributed by atoms with Crippen LogP contribution in [0.4, 0.5) is 5.69 Å². The normalized spacial score (nSPS) is 10.8. The fourth-order valence-corrected chi connectivity index (χ4v) is 1.19. The number of pyridine rings is 1. The van der Waals surface area contributed by atoms with Crippen molar-refractivity contribution in [3.8, 4) is 0 Å². The Balaban J connectivity index is 2.75. The van der Waals surface area contributed by atoms with Gasteiger partial charge in [0.2, 0.25) is 5.91 Å². The maximum atomic E-state index is 11.9. The smallest absolute Gasteiger partial charge is 0.253 e. The van der Waals surface area contributed by atoms with Gasteiger partial charge < -0.3 is 16.5 Å². The second-order valence-corrected chi connectivity index (χ2v) is 4.50. The molecule has 0 aliphatic rings. The second kappa shape index (κ2) is 5.46. The van der Waals surface area contributed by atoms with Crippen molar-refractivity contribution in [3.63, 3.8) is 0 Å². The van der Waals surface area contributed by atoms with Crippen molar-refractivity contribution in [2.75, 3.05) is 12.0 Å². The number of aromatic nitrogens is 1. The summed E-state index contributed by atoms with van der Waals surface area (Å²) >= 11 is 0. The molecule has 6 N–H and O–H groups in total. The van der Waals surface area contributed by atoms with Crippen LogP contribution in [0.15, 0.2) is 18.5 Å². The number of hydrazine groups is 1. The highest BCUT2D eigenvalue weighted by molar-refractivity contribution is 5.99. The second-order valence-electron chi connectivity index (χ2n) is 4.50. The van der Waals surface area contributed by atoms with Crippen LogP contribution in [0.1, 0.15) is 24.2 Å². The molecule has 0 fully saturated rings. The molecule has 7 nitrogen and oxygen atoms in total. The van der Waals surface area contributed by atoms with E-state index in [1.807, 2.05) is 0 Å². The van der Waals surface area contributed by atoms with Gasteiger partial charge in [-0.3, -0.25) is 20.4 Å². The Morgan fingerprint density at radius 3 is 2.67 bits per heavy atom. The zero-order valence-electron chi connectivity index (χ0n) is 10.4. The molecule has 1 aromatic heterocycles. The molecule has 0 aromatic carbocycles. The Hall–Kier alpha value is -2.15. The van der Waals surface area contributed by atoms with E-state index in [4.69, 9.17) is 11.6 Å². The molecule has 0 unspecified atom stereocenters. The van der Waals surface area contributed by atoms with Crippen LogP contribution in [0.5, 0.6) is 0 Å². The van der Waals surface area contributed by atoms with E-state index in [1.54, 1.807) is 13.8 Å². The summed E-state index contributed by atoms with van der Waals surface area (Å²) in [6, 6.07) is 1.53. The maximum absolute atomic E-state index is 11.9. The minimum atomic E-state index is -0.807. The highest BCUT2D eigenvalue weighted by Gasteiger charge is 2.25. The lowest BCUT2D eigenvalue weighted by atomic mass is 9.92. The number of hydrogen-bond donors (Lipinski definition) is 4. The molecule has 0 radical (unpaired) electrons. The quantitative estimate of drug-likeness (QED) is 0.419. The Kier molecular flexibility index (Phi) is 4.22. The summed E-state index contributed by atoms with van der Waals surface area (Å²) in [6.07, 6.45) is 2.92. The first-order valence-corrected chi connectivity index (χ1v) is 5.37. The molecule has 0 saturated carbocycles. The van der Waals surface area contributed by atoms with Gasteiger partial charge in [0.15, 0.2) is 0 Å². The SMILES string of the molecule is CC(C)(CNC(=O)c1ccncc1NN)C(N)=O. The van der Waals surface area contributed by atoms with E-state index in [0.29, 0.717) is 11.3 Å². The van der Waals surface area contributed by atoms with E-state index >= 15 is 0 Å². The number of amides is 2. The molecule has 18 heavy (non-hydrogen) atoms. The summed E-state index contributed by atoms with van der Waals surface area (Å²) in [5, 5.41) is 2.63. The number of anilines is 1. The average molecular weight is 251 g/mol. The van der Waals surface area contributed by atoms with Crippen LogP contribution in [0.3, 0.4) is 0 Å². The molecular formula is C11H17N5O2. The minimum Gasteiger partial charge on any atom is -0.369 e. The lowest BCUT2D eigenvalue weighted by Crippen LogP contribution is -2.42. The van der Waals surface area contributed by atoms with Gasteiger partial charge >= 0.3 is 0 Å². The molecule has 0 aliphatic heterocycles. The van der Waals surface area contributed by atoms with Gasteiger partial charge in [-0.05, 0) is 19.9 Å². The van der Waals surface area contributed by atoms with E-state index in [-0.39, 0.29) is 12.5 Å². The van der Waals surface area contributed by atoms with Gasteiger partial charge in [-0.25, -0.2) is 0 Å². The van der Waals surface area contributed by atoms with Gasteiger partial charge in [0.05, 0.1) is 22.9 Å². The van der Waals surface area contributed by atoms with Gasteiger partial charge in [0.1, 0.15) is 0 Å². The van der Waals surface area contributed by atoms with E-state index in [9.17, 15) is 9.59 Å². The van der Waals surface area contributed by atoms with Crippen molar-refractivity contribution in [1.82, 2.24) is 10.3 Å². The van der Waals surface area contributed by atoms with Crippen molar-refractivity contribution in [3.05, 3.63) is 24.0 Å². The predicted molar refractivity (Wildman–Crippen MR) is 67.4 cm³/mol. The molecule has 0 atom stereocenters. The lowest BCUT2D eigenvalue weighted by molar-refractivity contribution is -0.125. The van der Waals surface area contributed by atoms with Crippen LogP contribution in [-0.4, -0.2) is 23.3 Å². The Morgan fingerprint density at radius 2 is 2.11 bits per heavy atom. The Labute approximate surface area is 105 Å². The van der Waals surface area contributed by atoms with E-state index in [2.05, 4.69) is 15.7 Å². The van der Waals surface area contributed by atoms with Crippen LogP contribution in [-0.2, 0) is 4.79 Å². The van der Waals surface area contributed by atoms with Crippen molar-refractivity contribution >= 4 is 17.5 Å². The molecule has 0 aliphatic carbocycles.